The fourth-order valence-electron chi connectivity index (χ4n) is 3.81. The first-order valence-corrected chi connectivity index (χ1v) is 7.31. The molecule has 3 atom stereocenters. The van der Waals surface area contributed by atoms with Crippen LogP contribution in [0.5, 0.6) is 0 Å². The Hall–Kier alpha value is -0.570. The van der Waals surface area contributed by atoms with Crippen molar-refractivity contribution in [3.8, 4) is 0 Å². The molecule has 1 saturated heterocycles. The minimum Gasteiger partial charge on any atom is -0.467 e. The number of methoxy groups -OCH3 is 1. The molecule has 18 heavy (non-hydrogen) atoms. The first-order chi connectivity index (χ1) is 8.52. The molecule has 0 aromatic carbocycles. The molecule has 3 unspecified atom stereocenters. The largest absolute Gasteiger partial charge is 0.467 e. The molecular formula is C15H26O3. The molecule has 1 heterocycles. The highest BCUT2D eigenvalue weighted by Crippen LogP contribution is 2.60. The zero-order valence-corrected chi connectivity index (χ0v) is 12.1. The monoisotopic (exact) mass is 254 g/mol. The van der Waals surface area contributed by atoms with Gasteiger partial charge in [0.1, 0.15) is 5.60 Å². The van der Waals surface area contributed by atoms with Crippen molar-refractivity contribution in [1.29, 1.82) is 0 Å². The number of epoxide rings is 1. The Kier molecular flexibility index (Phi) is 3.72. The molecule has 2 aliphatic rings. The van der Waals surface area contributed by atoms with E-state index < -0.39 is 5.60 Å². The Morgan fingerprint density at radius 1 is 1.39 bits per heavy atom. The molecule has 0 bridgehead atoms. The topological polar surface area (TPSA) is 38.8 Å². The highest BCUT2D eigenvalue weighted by atomic mass is 16.7. The van der Waals surface area contributed by atoms with E-state index in [1.54, 1.807) is 0 Å². The SMILES string of the molecule is CCC1CCCC2(CC1)OC2(C(=O)OC)C(C)C. The molecule has 2 fully saturated rings. The number of carbonyl (C=O) groups excluding carboxylic acids is 1. The number of carbonyl (C=O) groups is 1. The quantitative estimate of drug-likeness (QED) is 0.573. The number of rotatable bonds is 3. The third-order valence-corrected chi connectivity index (χ3v) is 5.02. The van der Waals surface area contributed by atoms with Crippen LogP contribution in [0.1, 0.15) is 59.3 Å². The van der Waals surface area contributed by atoms with Crippen molar-refractivity contribution in [2.24, 2.45) is 11.8 Å². The summed E-state index contributed by atoms with van der Waals surface area (Å²) in [6, 6.07) is 0. The summed E-state index contributed by atoms with van der Waals surface area (Å²) >= 11 is 0. The molecular weight excluding hydrogens is 228 g/mol. The van der Waals surface area contributed by atoms with Crippen molar-refractivity contribution < 1.29 is 14.3 Å². The van der Waals surface area contributed by atoms with Crippen molar-refractivity contribution in [1.82, 2.24) is 0 Å². The molecule has 0 aromatic heterocycles. The molecule has 0 amide bonds. The van der Waals surface area contributed by atoms with Crippen LogP contribution in [0.3, 0.4) is 0 Å². The Morgan fingerprint density at radius 3 is 2.67 bits per heavy atom. The van der Waals surface area contributed by atoms with E-state index in [0.717, 1.165) is 18.8 Å². The smallest absolute Gasteiger partial charge is 0.341 e. The highest BCUT2D eigenvalue weighted by Gasteiger charge is 2.75. The van der Waals surface area contributed by atoms with E-state index >= 15 is 0 Å². The van der Waals surface area contributed by atoms with Gasteiger partial charge in [-0.1, -0.05) is 40.0 Å². The van der Waals surface area contributed by atoms with E-state index in [9.17, 15) is 4.79 Å². The molecule has 2 rings (SSSR count). The minimum atomic E-state index is -0.662. The van der Waals surface area contributed by atoms with Gasteiger partial charge >= 0.3 is 5.97 Å². The van der Waals surface area contributed by atoms with Gasteiger partial charge in [-0.2, -0.15) is 0 Å². The molecule has 3 nitrogen and oxygen atoms in total. The average molecular weight is 254 g/mol. The van der Waals surface area contributed by atoms with Gasteiger partial charge in [-0.15, -0.1) is 0 Å². The second-order valence-corrected chi connectivity index (χ2v) is 6.18. The Labute approximate surface area is 110 Å². The molecule has 1 aliphatic heterocycles. The Bertz CT molecular complexity index is 326. The number of esters is 1. The number of ether oxygens (including phenoxy) is 2. The van der Waals surface area contributed by atoms with E-state index in [0.29, 0.717) is 0 Å². The van der Waals surface area contributed by atoms with Crippen LogP contribution in [0.15, 0.2) is 0 Å². The van der Waals surface area contributed by atoms with Crippen molar-refractivity contribution in [3.63, 3.8) is 0 Å². The number of hydrogen-bond donors (Lipinski definition) is 0. The van der Waals surface area contributed by atoms with E-state index in [-0.39, 0.29) is 17.5 Å². The molecule has 3 heteroatoms. The summed E-state index contributed by atoms with van der Waals surface area (Å²) in [5.41, 5.74) is -0.886. The lowest BCUT2D eigenvalue weighted by molar-refractivity contribution is -0.148. The fraction of sp³-hybridized carbons (Fsp3) is 0.933. The van der Waals surface area contributed by atoms with Crippen molar-refractivity contribution in [2.45, 2.75) is 70.5 Å². The minimum absolute atomic E-state index is 0.174. The third-order valence-electron chi connectivity index (χ3n) is 5.02. The van der Waals surface area contributed by atoms with E-state index in [1.165, 1.54) is 32.8 Å². The Balaban J connectivity index is 2.16. The predicted octanol–water partition coefficient (Wildman–Crippen LogP) is 3.31. The van der Waals surface area contributed by atoms with Crippen molar-refractivity contribution >= 4 is 5.97 Å². The molecule has 1 spiro atoms. The van der Waals surface area contributed by atoms with Crippen LogP contribution in [0.2, 0.25) is 0 Å². The Morgan fingerprint density at radius 2 is 2.11 bits per heavy atom. The van der Waals surface area contributed by atoms with Crippen LogP contribution in [-0.4, -0.2) is 24.3 Å². The zero-order valence-electron chi connectivity index (χ0n) is 12.1. The standard InChI is InChI=1S/C15H26O3/c1-5-12-7-6-9-14(10-8-12)15(18-14,11(2)3)13(16)17-4/h11-12H,5-10H2,1-4H3. The van der Waals surface area contributed by atoms with Gasteiger partial charge < -0.3 is 9.47 Å². The van der Waals surface area contributed by atoms with Gasteiger partial charge in [-0.3, -0.25) is 0 Å². The van der Waals surface area contributed by atoms with Gasteiger partial charge in [0.15, 0.2) is 5.60 Å². The number of hydrogen-bond acceptors (Lipinski definition) is 3. The molecule has 0 N–H and O–H groups in total. The van der Waals surface area contributed by atoms with Gasteiger partial charge in [0, 0.05) is 0 Å². The third kappa shape index (κ3) is 1.87. The van der Waals surface area contributed by atoms with Gasteiger partial charge in [0.05, 0.1) is 7.11 Å². The normalized spacial score (nSPS) is 39.7. The predicted molar refractivity (Wildman–Crippen MR) is 70.3 cm³/mol. The molecule has 0 aromatic rings. The summed E-state index contributed by atoms with van der Waals surface area (Å²) in [6.45, 7) is 6.38. The summed E-state index contributed by atoms with van der Waals surface area (Å²) < 4.78 is 11.0. The maximum Gasteiger partial charge on any atom is 0.341 e. The van der Waals surface area contributed by atoms with Gasteiger partial charge in [-0.05, 0) is 31.1 Å². The summed E-state index contributed by atoms with van der Waals surface area (Å²) in [5, 5.41) is 0. The molecule has 1 saturated carbocycles. The highest BCUT2D eigenvalue weighted by molar-refractivity contribution is 5.85. The summed E-state index contributed by atoms with van der Waals surface area (Å²) in [5.74, 6) is 0.812. The van der Waals surface area contributed by atoms with Crippen LogP contribution in [0.25, 0.3) is 0 Å². The van der Waals surface area contributed by atoms with Gasteiger partial charge in [0.25, 0.3) is 0 Å². The maximum atomic E-state index is 12.1. The molecule has 104 valence electrons. The lowest BCUT2D eigenvalue weighted by atomic mass is 9.79. The maximum absolute atomic E-state index is 12.1. The van der Waals surface area contributed by atoms with Gasteiger partial charge in [-0.25, -0.2) is 4.79 Å². The van der Waals surface area contributed by atoms with E-state index in [2.05, 4.69) is 20.8 Å². The van der Waals surface area contributed by atoms with Crippen LogP contribution in [0, 0.1) is 11.8 Å². The van der Waals surface area contributed by atoms with E-state index in [4.69, 9.17) is 9.47 Å². The van der Waals surface area contributed by atoms with E-state index in [1.807, 2.05) is 0 Å². The lowest BCUT2D eigenvalue weighted by Crippen LogP contribution is -2.39. The summed E-state index contributed by atoms with van der Waals surface area (Å²) in [7, 11) is 1.47. The summed E-state index contributed by atoms with van der Waals surface area (Å²) in [4.78, 5) is 12.1. The summed E-state index contributed by atoms with van der Waals surface area (Å²) in [6.07, 6.45) is 6.89. The molecule has 1 aliphatic carbocycles. The first-order valence-electron chi connectivity index (χ1n) is 7.31. The van der Waals surface area contributed by atoms with Crippen molar-refractivity contribution in [2.75, 3.05) is 7.11 Å². The first kappa shape index (κ1) is 13.9. The van der Waals surface area contributed by atoms with Crippen LogP contribution in [-0.2, 0) is 14.3 Å². The molecule has 0 radical (unpaired) electrons. The second-order valence-electron chi connectivity index (χ2n) is 6.18. The zero-order chi connectivity index (χ0) is 13.4. The van der Waals surface area contributed by atoms with Gasteiger partial charge in [0.2, 0.25) is 0 Å². The average Bonchev–Trinajstić information content (AvgIpc) is 3.08. The lowest BCUT2D eigenvalue weighted by Gasteiger charge is -2.20. The van der Waals surface area contributed by atoms with Crippen LogP contribution >= 0.6 is 0 Å². The second kappa shape index (κ2) is 4.84. The fourth-order valence-corrected chi connectivity index (χ4v) is 3.81. The van der Waals surface area contributed by atoms with Crippen LogP contribution < -0.4 is 0 Å². The van der Waals surface area contributed by atoms with Crippen LogP contribution in [0.4, 0.5) is 0 Å². The van der Waals surface area contributed by atoms with Crippen molar-refractivity contribution in [3.05, 3.63) is 0 Å².